The van der Waals surface area contributed by atoms with Crippen LogP contribution in [0.1, 0.15) is 233 Å². The molecular weight excluding hydrogens is 604 g/mol. The van der Waals surface area contributed by atoms with Crippen LogP contribution in [-0.4, -0.2) is 61.0 Å². The second-order valence-corrected chi connectivity index (χ2v) is 15.3. The van der Waals surface area contributed by atoms with Gasteiger partial charge in [-0.2, -0.15) is 0 Å². The molecule has 0 aliphatic rings. The van der Waals surface area contributed by atoms with E-state index < -0.39 is 0 Å². The van der Waals surface area contributed by atoms with Crippen molar-refractivity contribution >= 4 is 11.9 Å². The van der Waals surface area contributed by atoms with Gasteiger partial charge in [-0.05, 0) is 77.4 Å². The monoisotopic (exact) mass is 693 g/mol. The van der Waals surface area contributed by atoms with Gasteiger partial charge in [0.1, 0.15) is 6.10 Å². The van der Waals surface area contributed by atoms with E-state index >= 15 is 0 Å². The molecule has 0 bridgehead atoms. The fourth-order valence-electron chi connectivity index (χ4n) is 6.96. The van der Waals surface area contributed by atoms with Crippen molar-refractivity contribution in [2.45, 2.75) is 239 Å². The van der Waals surface area contributed by atoms with Crippen LogP contribution < -0.4 is 0 Å². The molecule has 5 heteroatoms. The SMILES string of the molecule is CCCCCCCCC(CCCCCCCC)OC(=O)CCCCCCCN(CC)CCCCCCCC(=O)N(C)CCCCCCCC. The van der Waals surface area contributed by atoms with Crippen LogP contribution in [0.15, 0.2) is 0 Å². The summed E-state index contributed by atoms with van der Waals surface area (Å²) < 4.78 is 6.03. The molecule has 0 atom stereocenters. The summed E-state index contributed by atoms with van der Waals surface area (Å²) >= 11 is 0. The molecule has 292 valence electrons. The fraction of sp³-hybridized carbons (Fsp3) is 0.955. The highest BCUT2D eigenvalue weighted by atomic mass is 16.5. The van der Waals surface area contributed by atoms with Crippen molar-refractivity contribution in [3.63, 3.8) is 0 Å². The molecule has 0 saturated heterocycles. The smallest absolute Gasteiger partial charge is 0.306 e. The zero-order valence-electron chi connectivity index (χ0n) is 34.2. The van der Waals surface area contributed by atoms with E-state index in [0.717, 1.165) is 51.6 Å². The Morgan fingerprint density at radius 2 is 0.816 bits per heavy atom. The number of unbranched alkanes of at least 4 members (excludes halogenated alkanes) is 23. The number of hydrogen-bond acceptors (Lipinski definition) is 4. The minimum Gasteiger partial charge on any atom is -0.462 e. The molecule has 0 aliphatic carbocycles. The molecule has 0 saturated carbocycles. The van der Waals surface area contributed by atoms with Gasteiger partial charge in [-0.15, -0.1) is 0 Å². The van der Waals surface area contributed by atoms with Gasteiger partial charge in [-0.1, -0.05) is 163 Å². The van der Waals surface area contributed by atoms with E-state index in [1.54, 1.807) is 0 Å². The summed E-state index contributed by atoms with van der Waals surface area (Å²) in [5.41, 5.74) is 0. The Labute approximate surface area is 307 Å². The minimum absolute atomic E-state index is 0.0431. The van der Waals surface area contributed by atoms with Crippen LogP contribution in [-0.2, 0) is 14.3 Å². The molecule has 0 aromatic carbocycles. The summed E-state index contributed by atoms with van der Waals surface area (Å²) in [5.74, 6) is 0.374. The number of esters is 1. The molecule has 0 fully saturated rings. The summed E-state index contributed by atoms with van der Waals surface area (Å²) in [4.78, 5) is 29.6. The Hall–Kier alpha value is -1.10. The number of nitrogens with zero attached hydrogens (tertiary/aromatic N) is 2. The standard InChI is InChI=1S/C44H88N2O3/c1-6-10-13-16-21-28-35-42(36-29-22-17-14-11-7-2)49-44(48)38-31-24-20-27-34-41-46(9-4)40-33-26-19-23-30-37-43(47)45(5)39-32-25-18-15-12-8-3/h42H,6-41H2,1-5H3. The topological polar surface area (TPSA) is 49.9 Å². The summed E-state index contributed by atoms with van der Waals surface area (Å²) in [7, 11) is 1.98. The Morgan fingerprint density at radius 3 is 1.27 bits per heavy atom. The molecule has 0 unspecified atom stereocenters. The first-order valence-electron chi connectivity index (χ1n) is 22.1. The van der Waals surface area contributed by atoms with Gasteiger partial charge in [-0.3, -0.25) is 9.59 Å². The number of carbonyl (C=O) groups excluding carboxylic acids is 2. The molecule has 0 aromatic rings. The van der Waals surface area contributed by atoms with Crippen LogP contribution in [0.5, 0.6) is 0 Å². The van der Waals surface area contributed by atoms with Gasteiger partial charge in [0.25, 0.3) is 0 Å². The van der Waals surface area contributed by atoms with Crippen molar-refractivity contribution in [1.29, 1.82) is 0 Å². The molecule has 0 aliphatic heterocycles. The Bertz CT molecular complexity index is 684. The van der Waals surface area contributed by atoms with Crippen molar-refractivity contribution in [3.05, 3.63) is 0 Å². The molecule has 49 heavy (non-hydrogen) atoms. The number of hydrogen-bond donors (Lipinski definition) is 0. The molecule has 0 N–H and O–H groups in total. The number of amides is 1. The third-order valence-corrected chi connectivity index (χ3v) is 10.5. The van der Waals surface area contributed by atoms with E-state index in [9.17, 15) is 9.59 Å². The normalized spacial score (nSPS) is 11.6. The lowest BCUT2D eigenvalue weighted by Crippen LogP contribution is -2.27. The fourth-order valence-corrected chi connectivity index (χ4v) is 6.96. The number of ether oxygens (including phenoxy) is 1. The van der Waals surface area contributed by atoms with Crippen molar-refractivity contribution in [2.75, 3.05) is 33.2 Å². The van der Waals surface area contributed by atoms with E-state index in [2.05, 4.69) is 32.6 Å². The highest BCUT2D eigenvalue weighted by Crippen LogP contribution is 2.18. The van der Waals surface area contributed by atoms with Gasteiger partial charge in [0, 0.05) is 26.4 Å². The summed E-state index contributed by atoms with van der Waals surface area (Å²) in [6.07, 6.45) is 38.6. The molecule has 0 heterocycles. The highest BCUT2D eigenvalue weighted by molar-refractivity contribution is 5.75. The second kappa shape index (κ2) is 38.1. The first kappa shape index (κ1) is 47.9. The number of rotatable bonds is 39. The lowest BCUT2D eigenvalue weighted by molar-refractivity contribution is -0.150. The van der Waals surface area contributed by atoms with Crippen LogP contribution in [0.2, 0.25) is 0 Å². The van der Waals surface area contributed by atoms with E-state index in [4.69, 9.17) is 4.74 Å². The average molecular weight is 693 g/mol. The van der Waals surface area contributed by atoms with Gasteiger partial charge in [0.15, 0.2) is 0 Å². The van der Waals surface area contributed by atoms with Gasteiger partial charge >= 0.3 is 5.97 Å². The zero-order valence-corrected chi connectivity index (χ0v) is 34.2. The molecule has 1 amide bonds. The summed E-state index contributed by atoms with van der Waals surface area (Å²) in [6.45, 7) is 13.5. The van der Waals surface area contributed by atoms with Gasteiger partial charge < -0.3 is 14.5 Å². The summed E-state index contributed by atoms with van der Waals surface area (Å²) in [6, 6.07) is 0. The molecule has 5 nitrogen and oxygen atoms in total. The van der Waals surface area contributed by atoms with E-state index in [1.165, 1.54) is 167 Å². The predicted molar refractivity (Wildman–Crippen MR) is 214 cm³/mol. The molecule has 0 rings (SSSR count). The maximum absolute atomic E-state index is 12.7. The second-order valence-electron chi connectivity index (χ2n) is 15.3. The minimum atomic E-state index is 0.0431. The van der Waals surface area contributed by atoms with Crippen LogP contribution in [0.25, 0.3) is 0 Å². The lowest BCUT2D eigenvalue weighted by Gasteiger charge is -2.20. The van der Waals surface area contributed by atoms with Crippen molar-refractivity contribution in [1.82, 2.24) is 9.80 Å². The van der Waals surface area contributed by atoms with Gasteiger partial charge in [0.2, 0.25) is 5.91 Å². The largest absolute Gasteiger partial charge is 0.462 e. The van der Waals surface area contributed by atoms with Crippen LogP contribution >= 0.6 is 0 Å². The molecule has 0 aromatic heterocycles. The van der Waals surface area contributed by atoms with Gasteiger partial charge in [0.05, 0.1) is 0 Å². The average Bonchev–Trinajstić information content (AvgIpc) is 3.10. The van der Waals surface area contributed by atoms with Crippen LogP contribution in [0.4, 0.5) is 0 Å². The maximum atomic E-state index is 12.7. The van der Waals surface area contributed by atoms with E-state index in [1.807, 2.05) is 11.9 Å². The highest BCUT2D eigenvalue weighted by Gasteiger charge is 2.14. The first-order chi connectivity index (χ1) is 24.0. The Balaban J connectivity index is 3.92. The third-order valence-electron chi connectivity index (χ3n) is 10.5. The van der Waals surface area contributed by atoms with Crippen molar-refractivity contribution in [2.24, 2.45) is 0 Å². The molecule has 0 radical (unpaired) electrons. The molecular formula is C44H88N2O3. The van der Waals surface area contributed by atoms with Crippen molar-refractivity contribution in [3.8, 4) is 0 Å². The number of carbonyl (C=O) groups is 2. The third kappa shape index (κ3) is 33.8. The Kier molecular flexibility index (Phi) is 37.3. The van der Waals surface area contributed by atoms with E-state index in [-0.39, 0.29) is 12.1 Å². The van der Waals surface area contributed by atoms with Crippen LogP contribution in [0, 0.1) is 0 Å². The van der Waals surface area contributed by atoms with Gasteiger partial charge in [-0.25, -0.2) is 0 Å². The maximum Gasteiger partial charge on any atom is 0.306 e. The van der Waals surface area contributed by atoms with Crippen LogP contribution in [0.3, 0.4) is 0 Å². The first-order valence-corrected chi connectivity index (χ1v) is 22.1. The quantitative estimate of drug-likeness (QED) is 0.0475. The Morgan fingerprint density at radius 1 is 0.449 bits per heavy atom. The lowest BCUT2D eigenvalue weighted by atomic mass is 10.0. The zero-order chi connectivity index (χ0) is 36.0. The molecule has 0 spiro atoms. The van der Waals surface area contributed by atoms with Crippen molar-refractivity contribution < 1.29 is 14.3 Å². The predicted octanol–water partition coefficient (Wildman–Crippen LogP) is 13.2. The van der Waals surface area contributed by atoms with E-state index in [0.29, 0.717) is 18.7 Å². The summed E-state index contributed by atoms with van der Waals surface area (Å²) in [5, 5.41) is 0.